The molecule has 0 saturated heterocycles. The molecule has 1 aromatic heterocycles. The number of carbonyl (C=O) groups is 1. The predicted molar refractivity (Wildman–Crippen MR) is 105 cm³/mol. The fraction of sp³-hybridized carbons (Fsp3) is 0.143. The van der Waals surface area contributed by atoms with Crippen molar-refractivity contribution in [2.45, 2.75) is 13.0 Å². The lowest BCUT2D eigenvalue weighted by molar-refractivity contribution is 0.102. The summed E-state index contributed by atoms with van der Waals surface area (Å²) in [7, 11) is 0. The van der Waals surface area contributed by atoms with Gasteiger partial charge in [0.05, 0.1) is 0 Å². The monoisotopic (exact) mass is 363 g/mol. The van der Waals surface area contributed by atoms with Crippen LogP contribution in [0.5, 0.6) is 0 Å². The van der Waals surface area contributed by atoms with Crippen molar-refractivity contribution in [3.8, 4) is 0 Å². The molecule has 5 heteroatoms. The van der Waals surface area contributed by atoms with Gasteiger partial charge in [-0.3, -0.25) is 4.79 Å². The number of halogens is 1. The Morgan fingerprint density at radius 3 is 2.62 bits per heavy atom. The lowest BCUT2D eigenvalue weighted by Gasteiger charge is -2.29. The standard InChI is InChI=1S/C21H18ClN3O/c22-18-5-7-19(8-6-18)24-21(26)16-9-11-23-20(13-16)25-12-10-15-3-1-2-4-17(15)14-25/h1-9,11,13H,10,12,14H2,(H,24,26). The van der Waals surface area contributed by atoms with E-state index in [1.165, 1.54) is 11.1 Å². The van der Waals surface area contributed by atoms with Crippen molar-refractivity contribution in [1.82, 2.24) is 4.98 Å². The van der Waals surface area contributed by atoms with Gasteiger partial charge in [0.15, 0.2) is 0 Å². The maximum Gasteiger partial charge on any atom is 0.255 e. The second-order valence-electron chi connectivity index (χ2n) is 6.30. The molecule has 26 heavy (non-hydrogen) atoms. The fourth-order valence-corrected chi connectivity index (χ4v) is 3.29. The first-order valence-corrected chi connectivity index (χ1v) is 8.91. The van der Waals surface area contributed by atoms with Gasteiger partial charge in [-0.2, -0.15) is 0 Å². The molecule has 0 bridgehead atoms. The van der Waals surface area contributed by atoms with Gasteiger partial charge in [0, 0.05) is 35.6 Å². The highest BCUT2D eigenvalue weighted by Crippen LogP contribution is 2.24. The summed E-state index contributed by atoms with van der Waals surface area (Å²) >= 11 is 5.88. The quantitative estimate of drug-likeness (QED) is 0.742. The first-order chi connectivity index (χ1) is 12.7. The highest BCUT2D eigenvalue weighted by Gasteiger charge is 2.18. The Morgan fingerprint density at radius 1 is 1.04 bits per heavy atom. The maximum atomic E-state index is 12.5. The summed E-state index contributed by atoms with van der Waals surface area (Å²) in [4.78, 5) is 19.2. The van der Waals surface area contributed by atoms with E-state index < -0.39 is 0 Å². The number of nitrogens with zero attached hydrogens (tertiary/aromatic N) is 2. The van der Waals surface area contributed by atoms with E-state index in [9.17, 15) is 4.79 Å². The van der Waals surface area contributed by atoms with E-state index in [1.54, 1.807) is 36.5 Å². The van der Waals surface area contributed by atoms with E-state index in [0.29, 0.717) is 16.3 Å². The lowest BCUT2D eigenvalue weighted by Crippen LogP contribution is -2.31. The molecule has 1 amide bonds. The number of anilines is 2. The van der Waals surface area contributed by atoms with Crippen LogP contribution in [0.4, 0.5) is 11.5 Å². The van der Waals surface area contributed by atoms with Crippen molar-refractivity contribution in [3.63, 3.8) is 0 Å². The molecule has 1 aliphatic heterocycles. The smallest absolute Gasteiger partial charge is 0.255 e. The molecule has 0 fully saturated rings. The van der Waals surface area contributed by atoms with Gasteiger partial charge in [0.1, 0.15) is 5.82 Å². The van der Waals surface area contributed by atoms with Crippen LogP contribution in [-0.2, 0) is 13.0 Å². The van der Waals surface area contributed by atoms with E-state index >= 15 is 0 Å². The molecule has 2 heterocycles. The zero-order valence-corrected chi connectivity index (χ0v) is 14.9. The van der Waals surface area contributed by atoms with Gasteiger partial charge in [-0.1, -0.05) is 35.9 Å². The van der Waals surface area contributed by atoms with Crippen molar-refractivity contribution in [2.24, 2.45) is 0 Å². The second-order valence-corrected chi connectivity index (χ2v) is 6.74. The van der Waals surface area contributed by atoms with Crippen molar-refractivity contribution >= 4 is 29.0 Å². The van der Waals surface area contributed by atoms with Crippen molar-refractivity contribution in [2.75, 3.05) is 16.8 Å². The molecule has 4 rings (SSSR count). The van der Waals surface area contributed by atoms with Crippen LogP contribution >= 0.6 is 11.6 Å². The second kappa shape index (κ2) is 7.18. The van der Waals surface area contributed by atoms with Gasteiger partial charge in [-0.15, -0.1) is 0 Å². The third-order valence-corrected chi connectivity index (χ3v) is 4.82. The molecule has 1 N–H and O–H groups in total. The van der Waals surface area contributed by atoms with E-state index in [-0.39, 0.29) is 5.91 Å². The topological polar surface area (TPSA) is 45.2 Å². The largest absolute Gasteiger partial charge is 0.352 e. The first kappa shape index (κ1) is 16.6. The summed E-state index contributed by atoms with van der Waals surface area (Å²) in [5, 5.41) is 3.53. The average molecular weight is 364 g/mol. The van der Waals surface area contributed by atoms with Crippen LogP contribution in [-0.4, -0.2) is 17.4 Å². The number of pyridine rings is 1. The first-order valence-electron chi connectivity index (χ1n) is 8.54. The molecule has 130 valence electrons. The lowest BCUT2D eigenvalue weighted by atomic mass is 10.00. The number of hydrogen-bond acceptors (Lipinski definition) is 3. The molecule has 2 aromatic carbocycles. The zero-order chi connectivity index (χ0) is 17.9. The molecular formula is C21H18ClN3O. The van der Waals surface area contributed by atoms with E-state index in [2.05, 4.69) is 39.5 Å². The molecule has 0 radical (unpaired) electrons. The predicted octanol–water partition coefficient (Wildman–Crippen LogP) is 4.55. The van der Waals surface area contributed by atoms with Gasteiger partial charge >= 0.3 is 0 Å². The Hall–Kier alpha value is -2.85. The van der Waals surface area contributed by atoms with Crippen LogP contribution in [0.3, 0.4) is 0 Å². The zero-order valence-electron chi connectivity index (χ0n) is 14.2. The Labute approximate surface area is 157 Å². The summed E-state index contributed by atoms with van der Waals surface area (Å²) in [6.07, 6.45) is 2.67. The molecule has 3 aromatic rings. The van der Waals surface area contributed by atoms with Crippen molar-refractivity contribution in [3.05, 3.63) is 88.6 Å². The van der Waals surface area contributed by atoms with E-state index in [4.69, 9.17) is 11.6 Å². The van der Waals surface area contributed by atoms with Crippen LogP contribution in [0, 0.1) is 0 Å². The number of amides is 1. The number of fused-ring (bicyclic) bond motifs is 1. The Kier molecular flexibility index (Phi) is 4.59. The molecular weight excluding hydrogens is 346 g/mol. The third-order valence-electron chi connectivity index (χ3n) is 4.56. The van der Waals surface area contributed by atoms with Gasteiger partial charge in [-0.05, 0) is 53.9 Å². The molecule has 1 aliphatic rings. The summed E-state index contributed by atoms with van der Waals surface area (Å²) < 4.78 is 0. The van der Waals surface area contributed by atoms with Gasteiger partial charge in [0.25, 0.3) is 5.91 Å². The van der Waals surface area contributed by atoms with E-state index in [1.807, 2.05) is 6.07 Å². The molecule has 0 saturated carbocycles. The number of nitrogens with one attached hydrogen (secondary N) is 1. The fourth-order valence-electron chi connectivity index (χ4n) is 3.16. The minimum Gasteiger partial charge on any atom is -0.352 e. The summed E-state index contributed by atoms with van der Waals surface area (Å²) in [5.41, 5.74) is 4.01. The Balaban J connectivity index is 1.51. The molecule has 4 nitrogen and oxygen atoms in total. The van der Waals surface area contributed by atoms with Crippen LogP contribution in [0.2, 0.25) is 5.02 Å². The molecule has 0 spiro atoms. The van der Waals surface area contributed by atoms with Crippen LogP contribution in [0.15, 0.2) is 66.9 Å². The molecule has 0 unspecified atom stereocenters. The summed E-state index contributed by atoms with van der Waals surface area (Å²) in [6, 6.07) is 19.1. The average Bonchev–Trinajstić information content (AvgIpc) is 2.69. The minimum absolute atomic E-state index is 0.159. The Morgan fingerprint density at radius 2 is 1.81 bits per heavy atom. The van der Waals surface area contributed by atoms with Crippen molar-refractivity contribution in [1.29, 1.82) is 0 Å². The number of rotatable bonds is 3. The molecule has 0 aliphatic carbocycles. The number of aromatic nitrogens is 1. The maximum absolute atomic E-state index is 12.5. The van der Waals surface area contributed by atoms with Crippen molar-refractivity contribution < 1.29 is 4.79 Å². The van der Waals surface area contributed by atoms with Crippen LogP contribution in [0.25, 0.3) is 0 Å². The number of carbonyl (C=O) groups excluding carboxylic acids is 1. The highest BCUT2D eigenvalue weighted by molar-refractivity contribution is 6.30. The van der Waals surface area contributed by atoms with E-state index in [0.717, 1.165) is 25.3 Å². The normalized spacial score (nSPS) is 13.2. The number of benzene rings is 2. The third kappa shape index (κ3) is 3.55. The molecule has 0 atom stereocenters. The van der Waals surface area contributed by atoms with Gasteiger partial charge < -0.3 is 10.2 Å². The summed E-state index contributed by atoms with van der Waals surface area (Å²) in [5.74, 6) is 0.664. The Bertz CT molecular complexity index is 940. The van der Waals surface area contributed by atoms with Crippen LogP contribution in [0.1, 0.15) is 21.5 Å². The highest BCUT2D eigenvalue weighted by atomic mass is 35.5. The van der Waals surface area contributed by atoms with Gasteiger partial charge in [0.2, 0.25) is 0 Å². The van der Waals surface area contributed by atoms with Crippen LogP contribution < -0.4 is 10.2 Å². The SMILES string of the molecule is O=C(Nc1ccc(Cl)cc1)c1ccnc(N2CCc3ccccc3C2)c1. The minimum atomic E-state index is -0.159. The number of hydrogen-bond donors (Lipinski definition) is 1. The van der Waals surface area contributed by atoms with Gasteiger partial charge in [-0.25, -0.2) is 4.98 Å². The summed E-state index contributed by atoms with van der Waals surface area (Å²) in [6.45, 7) is 1.71.